The Morgan fingerprint density at radius 3 is 2.59 bits per heavy atom. The number of nitrogens with zero attached hydrogens (tertiary/aromatic N) is 4. The maximum Gasteiger partial charge on any atom is 0.194 e. The molecule has 6 nitrogen and oxygen atoms in total. The number of hydrogen-bond acceptors (Lipinski definition) is 4. The molecule has 0 aromatic carbocycles. The SMILES string of the molecule is CN=C(NCc1cc(C(C)C)no1)N1CCN(C2CC3CCC2C3)CC1.I. The van der Waals surface area contributed by atoms with Crippen molar-refractivity contribution < 1.29 is 4.52 Å². The molecule has 4 rings (SSSR count). The number of nitrogens with one attached hydrogen (secondary N) is 1. The van der Waals surface area contributed by atoms with Crippen molar-refractivity contribution in [2.45, 2.75) is 58.0 Å². The lowest BCUT2D eigenvalue weighted by molar-refractivity contribution is 0.0957. The molecule has 2 bridgehead atoms. The zero-order valence-corrected chi connectivity index (χ0v) is 19.2. The molecule has 0 spiro atoms. The van der Waals surface area contributed by atoms with Gasteiger partial charge in [-0.15, -0.1) is 24.0 Å². The van der Waals surface area contributed by atoms with E-state index in [2.05, 4.69) is 39.1 Å². The molecule has 3 atom stereocenters. The topological polar surface area (TPSA) is 56.9 Å². The van der Waals surface area contributed by atoms with Gasteiger partial charge in [0.1, 0.15) is 0 Å². The molecule has 1 saturated heterocycles. The van der Waals surface area contributed by atoms with Crippen LogP contribution < -0.4 is 5.32 Å². The molecule has 2 heterocycles. The highest BCUT2D eigenvalue weighted by Crippen LogP contribution is 2.46. The van der Waals surface area contributed by atoms with Gasteiger partial charge in [-0.05, 0) is 37.0 Å². The van der Waals surface area contributed by atoms with E-state index in [1.165, 1.54) is 25.7 Å². The Hall–Kier alpha value is -0.830. The summed E-state index contributed by atoms with van der Waals surface area (Å²) >= 11 is 0. The van der Waals surface area contributed by atoms with E-state index >= 15 is 0 Å². The molecular weight excluding hydrogens is 453 g/mol. The van der Waals surface area contributed by atoms with Gasteiger partial charge in [0.25, 0.3) is 0 Å². The largest absolute Gasteiger partial charge is 0.359 e. The van der Waals surface area contributed by atoms with Crippen LogP contribution in [0.1, 0.15) is 56.9 Å². The van der Waals surface area contributed by atoms with Crippen molar-refractivity contribution in [1.29, 1.82) is 0 Å². The van der Waals surface area contributed by atoms with Gasteiger partial charge in [0.05, 0.1) is 12.2 Å². The van der Waals surface area contributed by atoms with E-state index in [1.54, 1.807) is 0 Å². The molecule has 1 aliphatic heterocycles. The van der Waals surface area contributed by atoms with Gasteiger partial charge in [-0.2, -0.15) is 0 Å². The Labute approximate surface area is 180 Å². The Kier molecular flexibility index (Phi) is 7.05. The van der Waals surface area contributed by atoms with Crippen LogP contribution in [-0.2, 0) is 6.54 Å². The predicted octanol–water partition coefficient (Wildman–Crippen LogP) is 3.30. The number of piperazine rings is 1. The monoisotopic (exact) mass is 487 g/mol. The summed E-state index contributed by atoms with van der Waals surface area (Å²) in [4.78, 5) is 9.61. The van der Waals surface area contributed by atoms with Crippen LogP contribution in [0.5, 0.6) is 0 Å². The third-order valence-corrected chi connectivity index (χ3v) is 6.58. The minimum Gasteiger partial charge on any atom is -0.359 e. The molecule has 27 heavy (non-hydrogen) atoms. The predicted molar refractivity (Wildman–Crippen MR) is 119 cm³/mol. The zero-order chi connectivity index (χ0) is 18.1. The first-order valence-corrected chi connectivity index (χ1v) is 10.3. The van der Waals surface area contributed by atoms with Crippen LogP contribution in [-0.4, -0.2) is 60.2 Å². The molecule has 7 heteroatoms. The highest BCUT2D eigenvalue weighted by atomic mass is 127. The molecule has 1 aromatic rings. The molecule has 3 unspecified atom stereocenters. The molecule has 3 aliphatic rings. The van der Waals surface area contributed by atoms with Crippen molar-refractivity contribution in [1.82, 2.24) is 20.3 Å². The summed E-state index contributed by atoms with van der Waals surface area (Å²) in [5.74, 6) is 4.24. The second-order valence-electron chi connectivity index (χ2n) is 8.54. The van der Waals surface area contributed by atoms with Crippen molar-refractivity contribution in [2.24, 2.45) is 16.8 Å². The summed E-state index contributed by atoms with van der Waals surface area (Å²) in [6.45, 7) is 9.33. The van der Waals surface area contributed by atoms with Gasteiger partial charge in [-0.3, -0.25) is 9.89 Å². The molecule has 0 radical (unpaired) electrons. The molecule has 1 N–H and O–H groups in total. The standard InChI is InChI=1S/C20H33N5O.HI/c1-14(2)18-12-17(26-23-18)13-22-20(21-3)25-8-6-24(7-9-25)19-11-15-4-5-16(19)10-15;/h12,14-16,19H,4-11,13H2,1-3H3,(H,21,22);1H. The lowest BCUT2D eigenvalue weighted by Gasteiger charge is -2.41. The van der Waals surface area contributed by atoms with Crippen LogP contribution in [0.15, 0.2) is 15.6 Å². The van der Waals surface area contributed by atoms with Gasteiger partial charge >= 0.3 is 0 Å². The quantitative estimate of drug-likeness (QED) is 0.402. The first kappa shape index (κ1) is 20.9. The van der Waals surface area contributed by atoms with Gasteiger partial charge in [0.2, 0.25) is 0 Å². The van der Waals surface area contributed by atoms with Crippen LogP contribution in [0.25, 0.3) is 0 Å². The minimum atomic E-state index is 0. The third kappa shape index (κ3) is 4.60. The Morgan fingerprint density at radius 1 is 1.26 bits per heavy atom. The van der Waals surface area contributed by atoms with E-state index in [0.29, 0.717) is 12.5 Å². The van der Waals surface area contributed by atoms with Crippen LogP contribution >= 0.6 is 24.0 Å². The number of guanidine groups is 1. The van der Waals surface area contributed by atoms with E-state index < -0.39 is 0 Å². The maximum absolute atomic E-state index is 5.43. The number of aliphatic imine (C=N–C) groups is 1. The average molecular weight is 487 g/mol. The highest BCUT2D eigenvalue weighted by molar-refractivity contribution is 14.0. The summed E-state index contributed by atoms with van der Waals surface area (Å²) < 4.78 is 5.43. The van der Waals surface area contributed by atoms with Crippen LogP contribution in [0.2, 0.25) is 0 Å². The van der Waals surface area contributed by atoms with Crippen molar-refractivity contribution in [2.75, 3.05) is 33.2 Å². The highest BCUT2D eigenvalue weighted by Gasteiger charge is 2.42. The van der Waals surface area contributed by atoms with Gasteiger partial charge in [0.15, 0.2) is 11.7 Å². The van der Waals surface area contributed by atoms with Gasteiger partial charge in [0, 0.05) is 45.3 Å². The van der Waals surface area contributed by atoms with E-state index in [-0.39, 0.29) is 24.0 Å². The first-order chi connectivity index (χ1) is 12.6. The minimum absolute atomic E-state index is 0. The van der Waals surface area contributed by atoms with Crippen LogP contribution in [0.3, 0.4) is 0 Å². The Bertz CT molecular complexity index is 638. The van der Waals surface area contributed by atoms with Crippen molar-refractivity contribution in [3.8, 4) is 0 Å². The number of halogens is 1. The fraction of sp³-hybridized carbons (Fsp3) is 0.800. The lowest BCUT2D eigenvalue weighted by atomic mass is 9.93. The second kappa shape index (κ2) is 9.11. The smallest absolute Gasteiger partial charge is 0.194 e. The van der Waals surface area contributed by atoms with Crippen LogP contribution in [0.4, 0.5) is 0 Å². The van der Waals surface area contributed by atoms with Gasteiger partial charge in [-0.1, -0.05) is 25.4 Å². The molecule has 0 amide bonds. The van der Waals surface area contributed by atoms with Gasteiger partial charge < -0.3 is 14.7 Å². The molecule has 1 aromatic heterocycles. The van der Waals surface area contributed by atoms with Crippen LogP contribution in [0, 0.1) is 11.8 Å². The fourth-order valence-electron chi connectivity index (χ4n) is 5.11. The van der Waals surface area contributed by atoms with Crippen molar-refractivity contribution in [3.63, 3.8) is 0 Å². The van der Waals surface area contributed by atoms with E-state index in [1.807, 2.05) is 13.1 Å². The lowest BCUT2D eigenvalue weighted by Crippen LogP contribution is -2.55. The van der Waals surface area contributed by atoms with Gasteiger partial charge in [-0.25, -0.2) is 0 Å². The molecule has 2 saturated carbocycles. The Morgan fingerprint density at radius 2 is 2.04 bits per heavy atom. The number of aromatic nitrogens is 1. The molecular formula is C20H34IN5O. The number of rotatable bonds is 4. The van der Waals surface area contributed by atoms with Crippen molar-refractivity contribution >= 4 is 29.9 Å². The summed E-state index contributed by atoms with van der Waals surface area (Å²) in [5.41, 5.74) is 1.01. The summed E-state index contributed by atoms with van der Waals surface area (Å²) in [7, 11) is 1.87. The fourth-order valence-corrected chi connectivity index (χ4v) is 5.11. The molecule has 2 aliphatic carbocycles. The van der Waals surface area contributed by atoms with E-state index in [9.17, 15) is 0 Å². The summed E-state index contributed by atoms with van der Waals surface area (Å²) in [5, 5.41) is 7.57. The first-order valence-electron chi connectivity index (χ1n) is 10.3. The van der Waals surface area contributed by atoms with E-state index in [0.717, 1.165) is 61.5 Å². The third-order valence-electron chi connectivity index (χ3n) is 6.58. The molecule has 3 fully saturated rings. The number of fused-ring (bicyclic) bond motifs is 2. The number of hydrogen-bond donors (Lipinski definition) is 1. The second-order valence-corrected chi connectivity index (χ2v) is 8.54. The molecule has 152 valence electrons. The van der Waals surface area contributed by atoms with Crippen molar-refractivity contribution in [3.05, 3.63) is 17.5 Å². The average Bonchev–Trinajstić information content (AvgIpc) is 3.39. The summed E-state index contributed by atoms with van der Waals surface area (Å²) in [6.07, 6.45) is 5.89. The Balaban J connectivity index is 0.00000210. The normalized spacial score (nSPS) is 28.7. The zero-order valence-electron chi connectivity index (χ0n) is 16.9. The summed E-state index contributed by atoms with van der Waals surface area (Å²) in [6, 6.07) is 2.90. The maximum atomic E-state index is 5.43. The van der Waals surface area contributed by atoms with E-state index in [4.69, 9.17) is 4.52 Å².